The maximum Gasteiger partial charge on any atom is 0.223 e. The summed E-state index contributed by atoms with van der Waals surface area (Å²) in [6, 6.07) is 12.8. The van der Waals surface area contributed by atoms with E-state index in [4.69, 9.17) is 9.47 Å². The highest BCUT2D eigenvalue weighted by Gasteiger charge is 2.31. The molecule has 1 aliphatic heterocycles. The third-order valence-corrected chi connectivity index (χ3v) is 7.77. The van der Waals surface area contributed by atoms with Crippen LogP contribution in [0, 0.1) is 5.92 Å². The number of ether oxygens (including phenoxy) is 2. The molecule has 0 atom stereocenters. The van der Waals surface area contributed by atoms with Gasteiger partial charge in [-0.1, -0.05) is 34.1 Å². The molecule has 2 aromatic carbocycles. The van der Waals surface area contributed by atoms with Crippen molar-refractivity contribution in [2.75, 3.05) is 27.3 Å². The van der Waals surface area contributed by atoms with Gasteiger partial charge in [0.1, 0.15) is 0 Å². The second-order valence-electron chi connectivity index (χ2n) is 7.46. The van der Waals surface area contributed by atoms with Gasteiger partial charge in [-0.05, 0) is 48.2 Å². The summed E-state index contributed by atoms with van der Waals surface area (Å²) in [5, 5.41) is 2.95. The van der Waals surface area contributed by atoms with Crippen molar-refractivity contribution >= 4 is 31.9 Å². The summed E-state index contributed by atoms with van der Waals surface area (Å²) in [7, 11) is -0.265. The molecule has 1 aliphatic rings. The summed E-state index contributed by atoms with van der Waals surface area (Å²) in [5.74, 6) is 0.961. The third kappa shape index (κ3) is 6.21. The van der Waals surface area contributed by atoms with E-state index in [2.05, 4.69) is 21.2 Å². The molecule has 1 N–H and O–H groups in total. The van der Waals surface area contributed by atoms with Crippen LogP contribution in [0.3, 0.4) is 0 Å². The Balaban J connectivity index is 1.50. The predicted octanol–water partition coefficient (Wildman–Crippen LogP) is 3.32. The van der Waals surface area contributed by atoms with E-state index < -0.39 is 10.0 Å². The van der Waals surface area contributed by atoms with Crippen LogP contribution in [0.15, 0.2) is 46.9 Å². The van der Waals surface area contributed by atoms with Gasteiger partial charge >= 0.3 is 0 Å². The Morgan fingerprint density at radius 2 is 1.65 bits per heavy atom. The molecule has 0 unspecified atom stereocenters. The smallest absolute Gasteiger partial charge is 0.223 e. The number of rotatable bonds is 8. The summed E-state index contributed by atoms with van der Waals surface area (Å²) in [4.78, 5) is 12.6. The van der Waals surface area contributed by atoms with E-state index in [0.717, 1.165) is 15.6 Å². The average molecular weight is 511 g/mol. The van der Waals surface area contributed by atoms with Crippen molar-refractivity contribution in [3.63, 3.8) is 0 Å². The van der Waals surface area contributed by atoms with Crippen LogP contribution in [0.5, 0.6) is 11.5 Å². The van der Waals surface area contributed by atoms with Crippen LogP contribution in [0.1, 0.15) is 24.0 Å². The molecular weight excluding hydrogens is 484 g/mol. The molecule has 0 bridgehead atoms. The highest BCUT2D eigenvalue weighted by atomic mass is 79.9. The molecule has 1 heterocycles. The Labute approximate surface area is 191 Å². The number of carbonyl (C=O) groups is 1. The molecule has 0 radical (unpaired) electrons. The topological polar surface area (TPSA) is 84.9 Å². The highest BCUT2D eigenvalue weighted by Crippen LogP contribution is 2.28. The zero-order chi connectivity index (χ0) is 22.4. The summed E-state index contributed by atoms with van der Waals surface area (Å²) in [6.07, 6.45) is 1.02. The van der Waals surface area contributed by atoms with Gasteiger partial charge in [0.15, 0.2) is 11.5 Å². The lowest BCUT2D eigenvalue weighted by Gasteiger charge is -2.30. The van der Waals surface area contributed by atoms with E-state index in [-0.39, 0.29) is 17.6 Å². The molecule has 0 saturated carbocycles. The van der Waals surface area contributed by atoms with Gasteiger partial charge in [0.25, 0.3) is 0 Å². The summed E-state index contributed by atoms with van der Waals surface area (Å²) >= 11 is 3.35. The van der Waals surface area contributed by atoms with Crippen LogP contribution in [0.25, 0.3) is 0 Å². The Morgan fingerprint density at radius 3 is 2.26 bits per heavy atom. The quantitative estimate of drug-likeness (QED) is 0.588. The fourth-order valence-electron chi connectivity index (χ4n) is 3.60. The van der Waals surface area contributed by atoms with Gasteiger partial charge in [-0.15, -0.1) is 0 Å². The molecule has 0 aromatic heterocycles. The minimum atomic E-state index is -3.41. The molecule has 1 fully saturated rings. The lowest BCUT2D eigenvalue weighted by atomic mass is 9.97. The van der Waals surface area contributed by atoms with Gasteiger partial charge < -0.3 is 14.8 Å². The molecule has 31 heavy (non-hydrogen) atoms. The van der Waals surface area contributed by atoms with E-state index in [0.29, 0.717) is 44.0 Å². The van der Waals surface area contributed by atoms with Crippen LogP contribution in [0.2, 0.25) is 0 Å². The van der Waals surface area contributed by atoms with E-state index in [1.54, 1.807) is 32.4 Å². The fourth-order valence-corrected chi connectivity index (χ4v) is 5.43. The molecule has 9 heteroatoms. The molecule has 168 valence electrons. The first-order valence-corrected chi connectivity index (χ1v) is 12.4. The summed E-state index contributed by atoms with van der Waals surface area (Å²) < 4.78 is 38.4. The number of sulfonamides is 1. The zero-order valence-electron chi connectivity index (χ0n) is 17.6. The Kier molecular flexibility index (Phi) is 7.96. The second-order valence-corrected chi connectivity index (χ2v) is 10.3. The van der Waals surface area contributed by atoms with Gasteiger partial charge in [0, 0.05) is 30.0 Å². The van der Waals surface area contributed by atoms with Gasteiger partial charge in [-0.2, -0.15) is 0 Å². The van der Waals surface area contributed by atoms with Gasteiger partial charge in [0.05, 0.1) is 20.0 Å². The SMILES string of the molecule is COc1ccc(CNC(=O)C2CCN(S(=O)(=O)Cc3ccc(Br)cc3)CC2)cc1OC. The Bertz CT molecular complexity index is 1000. The van der Waals surface area contributed by atoms with Crippen molar-refractivity contribution in [2.24, 2.45) is 5.92 Å². The molecule has 1 saturated heterocycles. The van der Waals surface area contributed by atoms with Crippen molar-refractivity contribution in [1.82, 2.24) is 9.62 Å². The van der Waals surface area contributed by atoms with Crippen LogP contribution >= 0.6 is 15.9 Å². The number of amides is 1. The molecule has 0 aliphatic carbocycles. The molecule has 7 nitrogen and oxygen atoms in total. The maximum absolute atomic E-state index is 12.7. The number of nitrogens with one attached hydrogen (secondary N) is 1. The largest absolute Gasteiger partial charge is 0.493 e. The number of carbonyl (C=O) groups excluding carboxylic acids is 1. The number of hydrogen-bond acceptors (Lipinski definition) is 5. The van der Waals surface area contributed by atoms with Crippen molar-refractivity contribution in [2.45, 2.75) is 25.1 Å². The van der Waals surface area contributed by atoms with Crippen molar-refractivity contribution in [1.29, 1.82) is 0 Å². The first-order chi connectivity index (χ1) is 14.8. The van der Waals surface area contributed by atoms with Crippen LogP contribution < -0.4 is 14.8 Å². The number of benzene rings is 2. The van der Waals surface area contributed by atoms with Crippen molar-refractivity contribution < 1.29 is 22.7 Å². The van der Waals surface area contributed by atoms with E-state index in [1.807, 2.05) is 24.3 Å². The van der Waals surface area contributed by atoms with E-state index in [9.17, 15) is 13.2 Å². The molecular formula is C22H27BrN2O5S. The number of hydrogen-bond donors (Lipinski definition) is 1. The van der Waals surface area contributed by atoms with Gasteiger partial charge in [-0.25, -0.2) is 12.7 Å². The Morgan fingerprint density at radius 1 is 1.03 bits per heavy atom. The highest BCUT2D eigenvalue weighted by molar-refractivity contribution is 9.10. The number of methoxy groups -OCH3 is 2. The van der Waals surface area contributed by atoms with E-state index in [1.165, 1.54) is 4.31 Å². The monoisotopic (exact) mass is 510 g/mol. The first-order valence-electron chi connectivity index (χ1n) is 10.0. The van der Waals surface area contributed by atoms with Gasteiger partial charge in [-0.3, -0.25) is 4.79 Å². The molecule has 3 rings (SSSR count). The summed E-state index contributed by atoms with van der Waals surface area (Å²) in [5.41, 5.74) is 1.65. The number of halogens is 1. The van der Waals surface area contributed by atoms with Crippen molar-refractivity contribution in [3.8, 4) is 11.5 Å². The Hall–Kier alpha value is -2.10. The molecule has 1 amide bonds. The fraction of sp³-hybridized carbons (Fsp3) is 0.409. The molecule has 2 aromatic rings. The number of piperidine rings is 1. The minimum absolute atomic E-state index is 0.0313. The minimum Gasteiger partial charge on any atom is -0.493 e. The summed E-state index contributed by atoms with van der Waals surface area (Å²) in [6.45, 7) is 1.09. The normalized spacial score (nSPS) is 15.5. The third-order valence-electron chi connectivity index (χ3n) is 5.40. The lowest BCUT2D eigenvalue weighted by molar-refractivity contribution is -0.126. The first kappa shape index (κ1) is 23.6. The zero-order valence-corrected chi connectivity index (χ0v) is 20.0. The average Bonchev–Trinajstić information content (AvgIpc) is 2.78. The van der Waals surface area contributed by atoms with Crippen LogP contribution in [0.4, 0.5) is 0 Å². The van der Waals surface area contributed by atoms with Crippen molar-refractivity contribution in [3.05, 3.63) is 58.1 Å². The predicted molar refractivity (Wildman–Crippen MR) is 122 cm³/mol. The van der Waals surface area contributed by atoms with Crippen LogP contribution in [-0.2, 0) is 27.1 Å². The van der Waals surface area contributed by atoms with E-state index >= 15 is 0 Å². The lowest BCUT2D eigenvalue weighted by Crippen LogP contribution is -2.43. The second kappa shape index (κ2) is 10.5. The maximum atomic E-state index is 12.7. The standard InChI is InChI=1S/C22H27BrN2O5S/c1-29-20-8-5-17(13-21(20)30-2)14-24-22(26)18-9-11-25(12-10-18)31(27,28)15-16-3-6-19(23)7-4-16/h3-8,13,18H,9-12,14-15H2,1-2H3,(H,24,26). The van der Waals surface area contributed by atoms with Crippen LogP contribution in [-0.4, -0.2) is 45.9 Å². The number of nitrogens with zero attached hydrogens (tertiary/aromatic N) is 1. The molecule has 0 spiro atoms. The van der Waals surface area contributed by atoms with Gasteiger partial charge in [0.2, 0.25) is 15.9 Å².